The number of fused-ring (bicyclic) bond motifs is 1. The summed E-state index contributed by atoms with van der Waals surface area (Å²) in [5, 5.41) is 8.99. The number of hydrogen-bond donors (Lipinski definition) is 2. The van der Waals surface area contributed by atoms with Gasteiger partial charge in [-0.05, 0) is 44.2 Å². The van der Waals surface area contributed by atoms with Crippen LogP contribution in [0, 0.1) is 5.92 Å². The zero-order chi connectivity index (χ0) is 19.6. The number of carboxylic acid groups (broad SMARTS) is 1. The van der Waals surface area contributed by atoms with E-state index in [1.165, 1.54) is 0 Å². The lowest BCUT2D eigenvalue weighted by Gasteiger charge is -2.26. The van der Waals surface area contributed by atoms with E-state index in [2.05, 4.69) is 4.72 Å². The third-order valence-corrected chi connectivity index (χ3v) is 6.61. The summed E-state index contributed by atoms with van der Waals surface area (Å²) in [6.07, 6.45) is 2.05. The SMILES string of the molecule is O=C(O)C1CCC(NS(=O)(=O)CCCN2C(=O)c3ccccc3C2=O)CC1. The topological polar surface area (TPSA) is 121 Å². The Kier molecular flexibility index (Phi) is 5.61. The van der Waals surface area contributed by atoms with E-state index in [0.29, 0.717) is 36.8 Å². The molecule has 1 aliphatic carbocycles. The van der Waals surface area contributed by atoms with Crippen molar-refractivity contribution in [2.24, 2.45) is 5.92 Å². The van der Waals surface area contributed by atoms with Gasteiger partial charge >= 0.3 is 5.97 Å². The molecule has 1 saturated carbocycles. The van der Waals surface area contributed by atoms with Gasteiger partial charge in [0.25, 0.3) is 11.8 Å². The van der Waals surface area contributed by atoms with Gasteiger partial charge in [-0.2, -0.15) is 0 Å². The lowest BCUT2D eigenvalue weighted by Crippen LogP contribution is -2.40. The highest BCUT2D eigenvalue weighted by Crippen LogP contribution is 2.25. The van der Waals surface area contributed by atoms with Crippen molar-refractivity contribution in [3.8, 4) is 0 Å². The first kappa shape index (κ1) is 19.5. The largest absolute Gasteiger partial charge is 0.481 e. The molecule has 0 atom stereocenters. The monoisotopic (exact) mass is 394 g/mol. The molecule has 8 nitrogen and oxygen atoms in total. The first-order chi connectivity index (χ1) is 12.8. The Morgan fingerprint density at radius 2 is 1.63 bits per heavy atom. The average molecular weight is 394 g/mol. The predicted molar refractivity (Wildman–Crippen MR) is 96.7 cm³/mol. The van der Waals surface area contributed by atoms with Gasteiger partial charge in [0.1, 0.15) is 0 Å². The molecule has 0 bridgehead atoms. The first-order valence-electron chi connectivity index (χ1n) is 8.96. The zero-order valence-electron chi connectivity index (χ0n) is 14.8. The van der Waals surface area contributed by atoms with Crippen molar-refractivity contribution < 1.29 is 27.9 Å². The van der Waals surface area contributed by atoms with Crippen molar-refractivity contribution in [2.45, 2.75) is 38.1 Å². The molecule has 1 aromatic carbocycles. The molecule has 146 valence electrons. The molecule has 0 saturated heterocycles. The number of carbonyl (C=O) groups excluding carboxylic acids is 2. The van der Waals surface area contributed by atoms with Crippen molar-refractivity contribution in [1.82, 2.24) is 9.62 Å². The summed E-state index contributed by atoms with van der Waals surface area (Å²) >= 11 is 0. The summed E-state index contributed by atoms with van der Waals surface area (Å²) in [4.78, 5) is 36.5. The van der Waals surface area contributed by atoms with E-state index in [4.69, 9.17) is 5.11 Å². The summed E-state index contributed by atoms with van der Waals surface area (Å²) in [6.45, 7) is 0.0407. The normalized spacial score (nSPS) is 22.7. The zero-order valence-corrected chi connectivity index (χ0v) is 15.6. The van der Waals surface area contributed by atoms with E-state index in [0.717, 1.165) is 4.90 Å². The molecule has 3 rings (SSSR count). The smallest absolute Gasteiger partial charge is 0.306 e. The number of nitrogens with one attached hydrogen (secondary N) is 1. The van der Waals surface area contributed by atoms with Crippen LogP contribution in [0.1, 0.15) is 52.8 Å². The van der Waals surface area contributed by atoms with Gasteiger partial charge in [0.05, 0.1) is 22.8 Å². The van der Waals surface area contributed by atoms with E-state index < -0.39 is 33.7 Å². The van der Waals surface area contributed by atoms with Crippen LogP contribution in [0.2, 0.25) is 0 Å². The minimum atomic E-state index is -3.56. The highest BCUT2D eigenvalue weighted by Gasteiger charge is 2.35. The summed E-state index contributed by atoms with van der Waals surface area (Å²) in [6, 6.07) is 6.27. The number of hydrogen-bond acceptors (Lipinski definition) is 5. The number of carbonyl (C=O) groups is 3. The third kappa shape index (κ3) is 4.36. The summed E-state index contributed by atoms with van der Waals surface area (Å²) in [7, 11) is -3.56. The Labute approximate surface area is 157 Å². The van der Waals surface area contributed by atoms with Gasteiger partial charge in [0, 0.05) is 12.6 Å². The van der Waals surface area contributed by atoms with E-state index in [-0.39, 0.29) is 24.8 Å². The van der Waals surface area contributed by atoms with Crippen LogP contribution < -0.4 is 4.72 Å². The van der Waals surface area contributed by atoms with Gasteiger partial charge in [-0.15, -0.1) is 0 Å². The Balaban J connectivity index is 1.48. The fourth-order valence-corrected chi connectivity index (χ4v) is 5.00. The molecule has 1 aliphatic heterocycles. The fourth-order valence-electron chi connectivity index (χ4n) is 3.63. The van der Waals surface area contributed by atoms with E-state index >= 15 is 0 Å². The molecule has 2 aliphatic rings. The molecular weight excluding hydrogens is 372 g/mol. The van der Waals surface area contributed by atoms with Gasteiger partial charge in [-0.1, -0.05) is 12.1 Å². The van der Waals surface area contributed by atoms with Crippen LogP contribution in [0.3, 0.4) is 0 Å². The van der Waals surface area contributed by atoms with Crippen LogP contribution in [0.25, 0.3) is 0 Å². The van der Waals surface area contributed by atoms with Gasteiger partial charge in [-0.3, -0.25) is 19.3 Å². The number of aliphatic carboxylic acids is 1. The fraction of sp³-hybridized carbons (Fsp3) is 0.500. The van der Waals surface area contributed by atoms with Crippen molar-refractivity contribution >= 4 is 27.8 Å². The van der Waals surface area contributed by atoms with E-state index in [9.17, 15) is 22.8 Å². The Hall–Kier alpha value is -2.26. The standard InChI is InChI=1S/C18H22N2O6S/c21-16-14-4-1-2-5-15(14)17(22)20(16)10-3-11-27(25,26)19-13-8-6-12(7-9-13)18(23)24/h1-2,4-5,12-13,19H,3,6-11H2,(H,23,24). The van der Waals surface area contributed by atoms with Crippen molar-refractivity contribution in [1.29, 1.82) is 0 Å². The van der Waals surface area contributed by atoms with Gasteiger partial charge in [0.15, 0.2) is 0 Å². The number of amides is 2. The quantitative estimate of drug-likeness (QED) is 0.671. The van der Waals surface area contributed by atoms with Crippen LogP contribution in [-0.2, 0) is 14.8 Å². The number of sulfonamides is 1. The number of carboxylic acids is 1. The van der Waals surface area contributed by atoms with Crippen LogP contribution in [0.4, 0.5) is 0 Å². The molecule has 0 aromatic heterocycles. The number of nitrogens with zero attached hydrogens (tertiary/aromatic N) is 1. The molecule has 27 heavy (non-hydrogen) atoms. The predicted octanol–water partition coefficient (Wildman–Crippen LogP) is 1.24. The summed E-state index contributed by atoms with van der Waals surface area (Å²) in [5.41, 5.74) is 0.692. The highest BCUT2D eigenvalue weighted by atomic mass is 32.2. The second-order valence-electron chi connectivity index (χ2n) is 6.98. The van der Waals surface area contributed by atoms with Crippen molar-refractivity contribution in [3.05, 3.63) is 35.4 Å². The maximum absolute atomic E-state index is 12.3. The minimum absolute atomic E-state index is 0.0407. The van der Waals surface area contributed by atoms with Crippen LogP contribution in [0.5, 0.6) is 0 Å². The van der Waals surface area contributed by atoms with Gasteiger partial charge in [-0.25, -0.2) is 13.1 Å². The number of rotatable bonds is 7. The summed E-state index contributed by atoms with van der Waals surface area (Å²) < 4.78 is 27.1. The molecule has 0 unspecified atom stereocenters. The minimum Gasteiger partial charge on any atom is -0.481 e. The lowest BCUT2D eigenvalue weighted by molar-refractivity contribution is -0.142. The van der Waals surface area contributed by atoms with E-state index in [1.807, 2.05) is 0 Å². The molecule has 9 heteroatoms. The van der Waals surface area contributed by atoms with Crippen LogP contribution in [0.15, 0.2) is 24.3 Å². The molecule has 2 N–H and O–H groups in total. The second kappa shape index (κ2) is 7.77. The van der Waals surface area contributed by atoms with Gasteiger partial charge < -0.3 is 5.11 Å². The van der Waals surface area contributed by atoms with E-state index in [1.54, 1.807) is 24.3 Å². The average Bonchev–Trinajstić information content (AvgIpc) is 2.87. The van der Waals surface area contributed by atoms with Crippen molar-refractivity contribution in [3.63, 3.8) is 0 Å². The Bertz CT molecular complexity index is 823. The second-order valence-corrected chi connectivity index (χ2v) is 8.86. The summed E-state index contributed by atoms with van der Waals surface area (Å²) in [5.74, 6) is -2.23. The third-order valence-electron chi connectivity index (χ3n) is 5.10. The Morgan fingerprint density at radius 1 is 1.07 bits per heavy atom. The maximum atomic E-state index is 12.3. The molecule has 1 heterocycles. The highest BCUT2D eigenvalue weighted by molar-refractivity contribution is 7.89. The molecule has 0 radical (unpaired) electrons. The number of benzene rings is 1. The lowest BCUT2D eigenvalue weighted by atomic mass is 9.87. The molecule has 1 aromatic rings. The maximum Gasteiger partial charge on any atom is 0.306 e. The molecule has 2 amide bonds. The van der Waals surface area contributed by atoms with Crippen LogP contribution in [-0.4, -0.2) is 54.5 Å². The van der Waals surface area contributed by atoms with Crippen LogP contribution >= 0.6 is 0 Å². The Morgan fingerprint density at radius 3 is 2.15 bits per heavy atom. The molecule has 0 spiro atoms. The van der Waals surface area contributed by atoms with Gasteiger partial charge in [0.2, 0.25) is 10.0 Å². The number of imide groups is 1. The molecule has 1 fully saturated rings. The van der Waals surface area contributed by atoms with Crippen molar-refractivity contribution in [2.75, 3.05) is 12.3 Å². The molecular formula is C18H22N2O6S. The first-order valence-corrected chi connectivity index (χ1v) is 10.6.